The van der Waals surface area contributed by atoms with Gasteiger partial charge in [-0.25, -0.2) is 9.50 Å². The van der Waals surface area contributed by atoms with E-state index in [0.717, 1.165) is 56.1 Å². The summed E-state index contributed by atoms with van der Waals surface area (Å²) < 4.78 is 47.6. The molecule has 5 rings (SSSR count). The van der Waals surface area contributed by atoms with Crippen molar-refractivity contribution in [2.45, 2.75) is 37.4 Å². The van der Waals surface area contributed by atoms with Crippen LogP contribution >= 0.6 is 11.3 Å². The highest BCUT2D eigenvalue weighted by Crippen LogP contribution is 2.35. The van der Waals surface area contributed by atoms with Crippen LogP contribution in [0.2, 0.25) is 0 Å². The highest BCUT2D eigenvalue weighted by molar-refractivity contribution is 7.13. The van der Waals surface area contributed by atoms with E-state index in [1.807, 2.05) is 11.4 Å². The molecule has 2 aliphatic heterocycles. The molecular formula is C20H21F3N4OS. The van der Waals surface area contributed by atoms with Crippen LogP contribution in [0.5, 0.6) is 0 Å². The number of fused-ring (bicyclic) bond motifs is 1. The van der Waals surface area contributed by atoms with Gasteiger partial charge in [0.2, 0.25) is 0 Å². The summed E-state index contributed by atoms with van der Waals surface area (Å²) >= 11 is 1.38. The van der Waals surface area contributed by atoms with Crippen molar-refractivity contribution in [2.24, 2.45) is 0 Å². The fraction of sp³-hybridized carbons (Fsp3) is 0.500. The summed E-state index contributed by atoms with van der Waals surface area (Å²) in [6.07, 6.45) is -1.57. The lowest BCUT2D eigenvalue weighted by atomic mass is 10.0. The molecule has 2 saturated heterocycles. The largest absolute Gasteiger partial charge is 0.433 e. The molecule has 0 unspecified atom stereocenters. The second kappa shape index (κ2) is 7.37. The van der Waals surface area contributed by atoms with Gasteiger partial charge < -0.3 is 4.74 Å². The third kappa shape index (κ3) is 3.67. The minimum Gasteiger partial charge on any atom is -0.381 e. The lowest BCUT2D eigenvalue weighted by molar-refractivity contribution is -0.142. The topological polar surface area (TPSA) is 42.7 Å². The number of hydrogen-bond donors (Lipinski definition) is 0. The Labute approximate surface area is 170 Å². The van der Waals surface area contributed by atoms with Crippen molar-refractivity contribution in [1.29, 1.82) is 0 Å². The Morgan fingerprint density at radius 3 is 2.69 bits per heavy atom. The highest BCUT2D eigenvalue weighted by Gasteiger charge is 2.37. The molecule has 2 fully saturated rings. The van der Waals surface area contributed by atoms with E-state index >= 15 is 0 Å². The van der Waals surface area contributed by atoms with Crippen molar-refractivity contribution >= 4 is 17.0 Å². The van der Waals surface area contributed by atoms with E-state index in [1.54, 1.807) is 12.1 Å². The Kier molecular flexibility index (Phi) is 4.84. The van der Waals surface area contributed by atoms with E-state index in [2.05, 4.69) is 15.0 Å². The zero-order valence-corrected chi connectivity index (χ0v) is 16.5. The SMILES string of the molecule is FC(F)(F)c1cc(-c2cccs2)nc2cc([C@H]3CCN(C4CCOCC4)C3)nn12. The normalized spacial score (nSPS) is 22.0. The van der Waals surface area contributed by atoms with Crippen LogP contribution in [-0.4, -0.2) is 51.8 Å². The summed E-state index contributed by atoms with van der Waals surface area (Å²) in [6, 6.07) is 6.91. The second-order valence-corrected chi connectivity index (χ2v) is 8.61. The lowest BCUT2D eigenvalue weighted by Gasteiger charge is -2.30. The van der Waals surface area contributed by atoms with Crippen LogP contribution in [0.25, 0.3) is 16.2 Å². The Morgan fingerprint density at radius 1 is 1.14 bits per heavy atom. The minimum absolute atomic E-state index is 0.130. The first kappa shape index (κ1) is 19.0. The Balaban J connectivity index is 1.48. The molecule has 2 aliphatic rings. The molecule has 9 heteroatoms. The average Bonchev–Trinajstić information content (AvgIpc) is 3.46. The molecule has 3 aromatic heterocycles. The molecule has 5 heterocycles. The number of thiophene rings is 1. The van der Waals surface area contributed by atoms with Crippen molar-refractivity contribution in [1.82, 2.24) is 19.5 Å². The average molecular weight is 422 g/mol. The van der Waals surface area contributed by atoms with Crippen molar-refractivity contribution < 1.29 is 17.9 Å². The van der Waals surface area contributed by atoms with Crippen LogP contribution in [-0.2, 0) is 10.9 Å². The van der Waals surface area contributed by atoms with Gasteiger partial charge in [-0.05, 0) is 43.3 Å². The molecule has 0 amide bonds. The van der Waals surface area contributed by atoms with Crippen LogP contribution in [0.1, 0.15) is 36.6 Å². The molecule has 154 valence electrons. The van der Waals surface area contributed by atoms with E-state index in [0.29, 0.717) is 22.3 Å². The van der Waals surface area contributed by atoms with Crippen LogP contribution in [0.4, 0.5) is 13.2 Å². The van der Waals surface area contributed by atoms with Gasteiger partial charge >= 0.3 is 6.18 Å². The van der Waals surface area contributed by atoms with Gasteiger partial charge in [-0.15, -0.1) is 11.3 Å². The lowest BCUT2D eigenvalue weighted by Crippen LogP contribution is -2.37. The Bertz CT molecular complexity index is 995. The van der Waals surface area contributed by atoms with E-state index in [-0.39, 0.29) is 11.6 Å². The number of nitrogens with zero attached hydrogens (tertiary/aromatic N) is 4. The van der Waals surface area contributed by atoms with E-state index in [4.69, 9.17) is 4.74 Å². The van der Waals surface area contributed by atoms with Gasteiger partial charge in [-0.2, -0.15) is 18.3 Å². The van der Waals surface area contributed by atoms with Gasteiger partial charge in [0.1, 0.15) is 0 Å². The predicted molar refractivity (Wildman–Crippen MR) is 104 cm³/mol. The van der Waals surface area contributed by atoms with Gasteiger partial charge in [0.15, 0.2) is 11.3 Å². The maximum Gasteiger partial charge on any atom is 0.433 e. The third-order valence-corrected chi connectivity index (χ3v) is 6.75. The van der Waals surface area contributed by atoms with Crippen LogP contribution in [0, 0.1) is 0 Å². The molecule has 0 saturated carbocycles. The van der Waals surface area contributed by atoms with E-state index in [1.165, 1.54) is 11.3 Å². The zero-order chi connectivity index (χ0) is 20.0. The summed E-state index contributed by atoms with van der Waals surface area (Å²) in [6.45, 7) is 3.34. The summed E-state index contributed by atoms with van der Waals surface area (Å²) in [4.78, 5) is 7.63. The zero-order valence-electron chi connectivity index (χ0n) is 15.7. The van der Waals surface area contributed by atoms with Crippen molar-refractivity contribution in [3.63, 3.8) is 0 Å². The first-order valence-corrected chi connectivity index (χ1v) is 10.7. The number of hydrogen-bond acceptors (Lipinski definition) is 5. The van der Waals surface area contributed by atoms with Gasteiger partial charge in [0, 0.05) is 37.8 Å². The monoisotopic (exact) mass is 422 g/mol. The fourth-order valence-electron chi connectivity index (χ4n) is 4.35. The Hall–Kier alpha value is -1.97. The maximum atomic E-state index is 13.7. The summed E-state index contributed by atoms with van der Waals surface area (Å²) in [5.41, 5.74) is 0.501. The van der Waals surface area contributed by atoms with Gasteiger partial charge in [0.05, 0.1) is 16.3 Å². The fourth-order valence-corrected chi connectivity index (χ4v) is 5.04. The van der Waals surface area contributed by atoms with Gasteiger partial charge in [0.25, 0.3) is 0 Å². The van der Waals surface area contributed by atoms with Gasteiger partial charge in [-0.3, -0.25) is 4.90 Å². The first-order valence-electron chi connectivity index (χ1n) is 9.82. The van der Waals surface area contributed by atoms with Crippen molar-refractivity contribution in [3.8, 4) is 10.6 Å². The Morgan fingerprint density at radius 2 is 1.97 bits per heavy atom. The first-order chi connectivity index (χ1) is 14.0. The molecule has 0 aliphatic carbocycles. The molecular weight excluding hydrogens is 401 g/mol. The molecule has 0 N–H and O–H groups in total. The number of halogens is 3. The summed E-state index contributed by atoms with van der Waals surface area (Å²) in [5, 5.41) is 6.18. The van der Waals surface area contributed by atoms with Crippen LogP contribution < -0.4 is 0 Å². The number of alkyl halides is 3. The van der Waals surface area contributed by atoms with Crippen LogP contribution in [0.15, 0.2) is 29.6 Å². The molecule has 0 radical (unpaired) electrons. The smallest absolute Gasteiger partial charge is 0.381 e. The molecule has 3 aromatic rings. The minimum atomic E-state index is -4.50. The quantitative estimate of drug-likeness (QED) is 0.626. The van der Waals surface area contributed by atoms with E-state index in [9.17, 15) is 13.2 Å². The molecule has 0 aromatic carbocycles. The van der Waals surface area contributed by atoms with E-state index < -0.39 is 11.9 Å². The molecule has 5 nitrogen and oxygen atoms in total. The maximum absolute atomic E-state index is 13.7. The molecule has 0 bridgehead atoms. The molecule has 1 atom stereocenters. The second-order valence-electron chi connectivity index (χ2n) is 7.66. The summed E-state index contributed by atoms with van der Waals surface area (Å²) in [5.74, 6) is 0.130. The van der Waals surface area contributed by atoms with Crippen molar-refractivity contribution in [2.75, 3.05) is 26.3 Å². The van der Waals surface area contributed by atoms with Gasteiger partial charge in [-0.1, -0.05) is 6.07 Å². The number of aromatic nitrogens is 3. The number of ether oxygens (including phenoxy) is 1. The number of likely N-dealkylation sites (tertiary alicyclic amines) is 1. The standard InChI is InChI=1S/C20H21F3N4OS/c21-20(22,23)18-10-16(17-2-1-9-29-17)24-19-11-15(25-27(18)19)13-3-6-26(12-13)14-4-7-28-8-5-14/h1-2,9-11,13-14H,3-8,12H2/t13-/m0/s1. The third-order valence-electron chi connectivity index (χ3n) is 5.86. The molecule has 0 spiro atoms. The molecule has 29 heavy (non-hydrogen) atoms. The number of rotatable bonds is 3. The van der Waals surface area contributed by atoms with Crippen molar-refractivity contribution in [3.05, 3.63) is 41.0 Å². The summed E-state index contributed by atoms with van der Waals surface area (Å²) in [7, 11) is 0. The van der Waals surface area contributed by atoms with Crippen LogP contribution in [0.3, 0.4) is 0 Å². The predicted octanol–water partition coefficient (Wildman–Crippen LogP) is 4.44. The highest BCUT2D eigenvalue weighted by atomic mass is 32.1.